The van der Waals surface area contributed by atoms with Gasteiger partial charge in [-0.15, -0.1) is 11.3 Å². The highest BCUT2D eigenvalue weighted by atomic mass is 35.5. The number of hydrogen-bond donors (Lipinski definition) is 1. The molecule has 2 heterocycles. The first kappa shape index (κ1) is 22.7. The summed E-state index contributed by atoms with van der Waals surface area (Å²) in [4.78, 5) is 1.90. The number of aromatic nitrogens is 2. The molecule has 1 N–H and O–H groups in total. The van der Waals surface area contributed by atoms with Crippen LogP contribution in [0.5, 0.6) is 0 Å². The van der Waals surface area contributed by atoms with Crippen molar-refractivity contribution in [3.8, 4) is 26.7 Å². The van der Waals surface area contributed by atoms with Crippen LogP contribution in [0, 0.1) is 5.82 Å². The fourth-order valence-corrected chi connectivity index (χ4v) is 5.07. The summed E-state index contributed by atoms with van der Waals surface area (Å²) in [6, 6.07) is 16.2. The lowest BCUT2D eigenvalue weighted by atomic mass is 10.1. The molecule has 2 aromatic heterocycles. The Balaban J connectivity index is 1.86. The number of aliphatic hydroxyl groups is 1. The maximum atomic E-state index is 14.0. The van der Waals surface area contributed by atoms with Crippen LogP contribution in [0.4, 0.5) is 4.39 Å². The van der Waals surface area contributed by atoms with Crippen molar-refractivity contribution >= 4 is 32.8 Å². The van der Waals surface area contributed by atoms with E-state index in [0.29, 0.717) is 22.1 Å². The molecule has 0 saturated carbocycles. The lowest BCUT2D eigenvalue weighted by molar-refractivity contribution is 0.0734. The van der Waals surface area contributed by atoms with Gasteiger partial charge in [-0.1, -0.05) is 23.7 Å². The Hall–Kier alpha value is -2.52. The molecule has 32 heavy (non-hydrogen) atoms. The number of sulfone groups is 1. The second kappa shape index (κ2) is 8.12. The van der Waals surface area contributed by atoms with Crippen molar-refractivity contribution in [1.29, 1.82) is 0 Å². The molecule has 0 aliphatic carbocycles. The van der Waals surface area contributed by atoms with Crippen LogP contribution in [0.1, 0.15) is 19.5 Å². The van der Waals surface area contributed by atoms with E-state index in [1.54, 1.807) is 38.1 Å². The zero-order chi connectivity index (χ0) is 23.3. The zero-order valence-electron chi connectivity index (χ0n) is 17.5. The quantitative estimate of drug-likeness (QED) is 0.390. The van der Waals surface area contributed by atoms with Gasteiger partial charge in [0.05, 0.1) is 31.9 Å². The molecule has 2 aromatic carbocycles. The Morgan fingerprint density at radius 3 is 2.47 bits per heavy atom. The lowest BCUT2D eigenvalue weighted by Crippen LogP contribution is -2.16. The van der Waals surface area contributed by atoms with Crippen LogP contribution in [0.2, 0.25) is 5.02 Å². The van der Waals surface area contributed by atoms with E-state index in [0.717, 1.165) is 15.3 Å². The van der Waals surface area contributed by atoms with Crippen molar-refractivity contribution in [3.63, 3.8) is 0 Å². The number of thiophene rings is 1. The Morgan fingerprint density at radius 2 is 1.78 bits per heavy atom. The number of halogens is 2. The average Bonchev–Trinajstić information content (AvgIpc) is 3.36. The zero-order valence-corrected chi connectivity index (χ0v) is 19.9. The van der Waals surface area contributed by atoms with Gasteiger partial charge in [0.25, 0.3) is 0 Å². The minimum absolute atomic E-state index is 0.242. The van der Waals surface area contributed by atoms with Crippen molar-refractivity contribution < 1.29 is 17.9 Å². The summed E-state index contributed by atoms with van der Waals surface area (Å²) in [5.41, 5.74) is 0.934. The number of benzene rings is 2. The molecule has 0 aliphatic rings. The van der Waals surface area contributed by atoms with Gasteiger partial charge in [-0.05, 0) is 61.9 Å². The third-order valence-corrected chi connectivity index (χ3v) is 7.46. The van der Waals surface area contributed by atoms with Crippen LogP contribution in [0.15, 0.2) is 65.6 Å². The molecule has 4 aromatic rings. The molecule has 0 aliphatic heterocycles. The number of hydrogen-bond acceptors (Lipinski definition) is 5. The molecule has 166 valence electrons. The van der Waals surface area contributed by atoms with Gasteiger partial charge in [-0.25, -0.2) is 17.5 Å². The number of rotatable bonds is 5. The van der Waals surface area contributed by atoms with E-state index in [1.807, 2.05) is 18.2 Å². The van der Waals surface area contributed by atoms with Gasteiger partial charge < -0.3 is 5.11 Å². The van der Waals surface area contributed by atoms with Crippen molar-refractivity contribution in [1.82, 2.24) is 9.78 Å². The highest BCUT2D eigenvalue weighted by Crippen LogP contribution is 2.38. The van der Waals surface area contributed by atoms with E-state index in [9.17, 15) is 17.9 Å². The SMILES string of the molecule is CC(C)(O)c1cc(-c2ccc(-c3cccc(S(C)(=O)=O)c3)s2)n(-c2cc(F)ccc2Cl)n1. The van der Waals surface area contributed by atoms with Crippen molar-refractivity contribution in [2.24, 2.45) is 0 Å². The van der Waals surface area contributed by atoms with Crippen molar-refractivity contribution in [3.05, 3.63) is 77.2 Å². The standard InChI is InChI=1S/C23H20ClFN2O3S2/c1-23(2,28)22-13-19(27(26-22)18-12-15(25)7-8-17(18)24)21-10-9-20(31-21)14-5-4-6-16(11-14)32(3,29)30/h4-13,28H,1-3H3. The van der Waals surface area contributed by atoms with Gasteiger partial charge >= 0.3 is 0 Å². The molecule has 0 saturated heterocycles. The third kappa shape index (κ3) is 4.49. The molecule has 0 bridgehead atoms. The smallest absolute Gasteiger partial charge is 0.175 e. The van der Waals surface area contributed by atoms with Gasteiger partial charge in [-0.2, -0.15) is 5.10 Å². The maximum absolute atomic E-state index is 14.0. The van der Waals surface area contributed by atoms with Crippen LogP contribution in [-0.4, -0.2) is 29.6 Å². The Kier molecular flexibility index (Phi) is 5.75. The summed E-state index contributed by atoms with van der Waals surface area (Å²) in [6.45, 7) is 3.24. The Morgan fingerprint density at radius 1 is 1.06 bits per heavy atom. The van der Waals surface area contributed by atoms with E-state index < -0.39 is 21.3 Å². The Bertz CT molecular complexity index is 1420. The van der Waals surface area contributed by atoms with E-state index in [1.165, 1.54) is 40.5 Å². The molecule has 0 atom stereocenters. The van der Waals surface area contributed by atoms with Crippen LogP contribution >= 0.6 is 22.9 Å². The molecule has 5 nitrogen and oxygen atoms in total. The van der Waals surface area contributed by atoms with Gasteiger partial charge in [0.2, 0.25) is 0 Å². The van der Waals surface area contributed by atoms with Crippen molar-refractivity contribution in [2.75, 3.05) is 6.26 Å². The van der Waals surface area contributed by atoms with E-state index in [2.05, 4.69) is 5.10 Å². The van der Waals surface area contributed by atoms with Crippen molar-refractivity contribution in [2.45, 2.75) is 24.3 Å². The summed E-state index contributed by atoms with van der Waals surface area (Å²) in [5, 5.41) is 15.3. The largest absolute Gasteiger partial charge is 0.384 e. The molecular formula is C23H20ClFN2O3S2. The predicted octanol–water partition coefficient (Wildman–Crippen LogP) is 5.69. The second-order valence-corrected chi connectivity index (χ2v) is 11.5. The van der Waals surface area contributed by atoms with Crippen LogP contribution in [-0.2, 0) is 15.4 Å². The van der Waals surface area contributed by atoms with Gasteiger partial charge in [0.1, 0.15) is 11.4 Å². The monoisotopic (exact) mass is 490 g/mol. The minimum Gasteiger partial charge on any atom is -0.384 e. The molecule has 4 rings (SSSR count). The highest BCUT2D eigenvalue weighted by molar-refractivity contribution is 7.90. The Labute approximate surface area is 194 Å². The summed E-state index contributed by atoms with van der Waals surface area (Å²) in [6.07, 6.45) is 1.17. The third-order valence-electron chi connectivity index (χ3n) is 4.88. The molecule has 0 radical (unpaired) electrons. The maximum Gasteiger partial charge on any atom is 0.175 e. The first-order valence-electron chi connectivity index (χ1n) is 9.62. The number of nitrogens with zero attached hydrogens (tertiary/aromatic N) is 2. The lowest BCUT2D eigenvalue weighted by Gasteiger charge is -2.13. The first-order chi connectivity index (χ1) is 14.9. The van der Waals surface area contributed by atoms with Gasteiger partial charge in [0.15, 0.2) is 9.84 Å². The van der Waals surface area contributed by atoms with Crippen LogP contribution < -0.4 is 0 Å². The first-order valence-corrected chi connectivity index (χ1v) is 12.7. The molecule has 9 heteroatoms. The molecule has 0 spiro atoms. The topological polar surface area (TPSA) is 72.2 Å². The second-order valence-electron chi connectivity index (χ2n) is 7.95. The van der Waals surface area contributed by atoms with Gasteiger partial charge in [-0.3, -0.25) is 0 Å². The fourth-order valence-electron chi connectivity index (χ4n) is 3.20. The van der Waals surface area contributed by atoms with E-state index in [4.69, 9.17) is 11.6 Å². The average molecular weight is 491 g/mol. The fraction of sp³-hybridized carbons (Fsp3) is 0.174. The molecule has 0 fully saturated rings. The van der Waals surface area contributed by atoms with Crippen LogP contribution in [0.25, 0.3) is 26.7 Å². The summed E-state index contributed by atoms with van der Waals surface area (Å²) in [5.74, 6) is -0.458. The molecular weight excluding hydrogens is 471 g/mol. The van der Waals surface area contributed by atoms with Gasteiger partial charge in [0, 0.05) is 17.2 Å². The molecule has 0 amide bonds. The normalized spacial score (nSPS) is 12.3. The van der Waals surface area contributed by atoms with E-state index >= 15 is 0 Å². The summed E-state index contributed by atoms with van der Waals surface area (Å²) < 4.78 is 39.3. The summed E-state index contributed by atoms with van der Waals surface area (Å²) in [7, 11) is -3.33. The predicted molar refractivity (Wildman–Crippen MR) is 126 cm³/mol. The molecule has 0 unspecified atom stereocenters. The van der Waals surface area contributed by atoms with E-state index in [-0.39, 0.29) is 4.90 Å². The highest BCUT2D eigenvalue weighted by Gasteiger charge is 2.24. The van der Waals surface area contributed by atoms with Crippen LogP contribution in [0.3, 0.4) is 0 Å². The summed E-state index contributed by atoms with van der Waals surface area (Å²) >= 11 is 7.76. The minimum atomic E-state index is -3.33.